The molecule has 4 rings (SSSR count). The van der Waals surface area contributed by atoms with Gasteiger partial charge in [-0.05, 0) is 37.3 Å². The molecule has 0 unspecified atom stereocenters. The predicted molar refractivity (Wildman–Crippen MR) is 130 cm³/mol. The highest BCUT2D eigenvalue weighted by Gasteiger charge is 2.17. The summed E-state index contributed by atoms with van der Waals surface area (Å²) in [4.78, 5) is 29.0. The van der Waals surface area contributed by atoms with Crippen molar-refractivity contribution in [3.8, 4) is 22.8 Å². The van der Waals surface area contributed by atoms with Crippen molar-refractivity contribution in [1.29, 1.82) is 0 Å². The molecule has 3 N–H and O–H groups in total. The van der Waals surface area contributed by atoms with Gasteiger partial charge >= 0.3 is 0 Å². The number of fused-ring (bicyclic) bond motifs is 1. The highest BCUT2D eigenvalue weighted by atomic mass is 32.2. The summed E-state index contributed by atoms with van der Waals surface area (Å²) in [5.74, 6) is 1.26. The molecule has 0 bridgehead atoms. The minimum atomic E-state index is -0.406. The first-order valence-corrected chi connectivity index (χ1v) is 12.4. The van der Waals surface area contributed by atoms with E-state index < -0.39 is 5.91 Å². The molecule has 0 fully saturated rings. The molecule has 8 nitrogen and oxygen atoms in total. The Kier molecular flexibility index (Phi) is 7.46. The first-order valence-electron chi connectivity index (χ1n) is 10.4. The average molecular weight is 485 g/mol. The second-order valence-corrected chi connectivity index (χ2v) is 9.08. The van der Waals surface area contributed by atoms with Gasteiger partial charge in [0.1, 0.15) is 13.2 Å². The average Bonchev–Trinajstić information content (AvgIpc) is 3.24. The Bertz CT molecular complexity index is 1170. The Balaban J connectivity index is 1.43. The number of primary amides is 1. The summed E-state index contributed by atoms with van der Waals surface area (Å²) in [6.07, 6.45) is 1.81. The topological polar surface area (TPSA) is 108 Å². The monoisotopic (exact) mass is 484 g/mol. The first-order chi connectivity index (χ1) is 16.0. The Morgan fingerprint density at radius 3 is 2.67 bits per heavy atom. The number of nitrogens with one attached hydrogen (secondary N) is 1. The lowest BCUT2D eigenvalue weighted by Gasteiger charge is -2.19. The largest absolute Gasteiger partial charge is 0.486 e. The van der Waals surface area contributed by atoms with Crippen LogP contribution in [0.2, 0.25) is 0 Å². The van der Waals surface area contributed by atoms with Gasteiger partial charge in [-0.3, -0.25) is 9.59 Å². The van der Waals surface area contributed by atoms with Crippen molar-refractivity contribution in [3.63, 3.8) is 0 Å². The summed E-state index contributed by atoms with van der Waals surface area (Å²) in [6.45, 7) is 3.83. The van der Waals surface area contributed by atoms with Crippen molar-refractivity contribution in [3.05, 3.63) is 48.7 Å². The maximum Gasteiger partial charge on any atom is 0.234 e. The number of anilines is 1. The molecule has 3 aromatic rings. The summed E-state index contributed by atoms with van der Waals surface area (Å²) in [5, 5.41) is 3.67. The molecule has 33 heavy (non-hydrogen) atoms. The number of benzene rings is 2. The highest BCUT2D eigenvalue weighted by Crippen LogP contribution is 2.35. The van der Waals surface area contributed by atoms with Crippen molar-refractivity contribution in [2.45, 2.75) is 23.5 Å². The second kappa shape index (κ2) is 10.7. The van der Waals surface area contributed by atoms with Gasteiger partial charge in [0.05, 0.1) is 29.1 Å². The lowest BCUT2D eigenvalue weighted by Crippen LogP contribution is -2.16. The SMILES string of the molecule is CCn1c(-c2ccc3c(c2)OCCO3)cnc1SCC(=O)Nc1ccccc1SCC(N)=O. The molecular formula is C23H24N4O4S2. The van der Waals surface area contributed by atoms with Crippen LogP contribution in [0, 0.1) is 0 Å². The van der Waals surface area contributed by atoms with Crippen molar-refractivity contribution in [1.82, 2.24) is 9.55 Å². The zero-order chi connectivity index (χ0) is 23.2. The number of nitrogens with zero attached hydrogens (tertiary/aromatic N) is 2. The summed E-state index contributed by atoms with van der Waals surface area (Å²) in [7, 11) is 0. The molecular weight excluding hydrogens is 460 g/mol. The third-order valence-corrected chi connectivity index (χ3v) is 6.92. The number of thioether (sulfide) groups is 2. The van der Waals surface area contributed by atoms with Crippen LogP contribution in [0.4, 0.5) is 5.69 Å². The van der Waals surface area contributed by atoms with Crippen LogP contribution in [0.15, 0.2) is 58.7 Å². The predicted octanol–water partition coefficient (Wildman–Crippen LogP) is 3.65. The summed E-state index contributed by atoms with van der Waals surface area (Å²) >= 11 is 2.67. The van der Waals surface area contributed by atoms with E-state index in [1.54, 1.807) is 6.07 Å². The maximum atomic E-state index is 12.6. The fourth-order valence-electron chi connectivity index (χ4n) is 3.37. The molecule has 1 aromatic heterocycles. The zero-order valence-electron chi connectivity index (χ0n) is 18.1. The fourth-order valence-corrected chi connectivity index (χ4v) is 4.96. The van der Waals surface area contributed by atoms with Crippen LogP contribution in [0.1, 0.15) is 6.92 Å². The van der Waals surface area contributed by atoms with Crippen LogP contribution in [-0.2, 0) is 16.1 Å². The summed E-state index contributed by atoms with van der Waals surface area (Å²) in [6, 6.07) is 13.2. The van der Waals surface area contributed by atoms with Gasteiger partial charge in [-0.15, -0.1) is 11.8 Å². The molecule has 0 radical (unpaired) electrons. The Hall–Kier alpha value is -3.11. The summed E-state index contributed by atoms with van der Waals surface area (Å²) in [5.41, 5.74) is 7.82. The molecule has 172 valence electrons. The van der Waals surface area contributed by atoms with E-state index in [4.69, 9.17) is 15.2 Å². The van der Waals surface area contributed by atoms with Crippen LogP contribution in [0.25, 0.3) is 11.3 Å². The Morgan fingerprint density at radius 2 is 1.88 bits per heavy atom. The Morgan fingerprint density at radius 1 is 1.09 bits per heavy atom. The molecule has 0 atom stereocenters. The molecule has 0 aliphatic carbocycles. The number of rotatable bonds is 9. The van der Waals surface area contributed by atoms with E-state index in [-0.39, 0.29) is 17.4 Å². The molecule has 2 amide bonds. The van der Waals surface area contributed by atoms with Crippen LogP contribution in [-0.4, -0.2) is 46.1 Å². The lowest BCUT2D eigenvalue weighted by molar-refractivity contribution is -0.115. The third-order valence-electron chi connectivity index (χ3n) is 4.84. The minimum Gasteiger partial charge on any atom is -0.486 e. The minimum absolute atomic E-state index is 0.151. The van der Waals surface area contributed by atoms with Crippen LogP contribution < -0.4 is 20.5 Å². The standard InChI is InChI=1S/C23H24N4O4S2/c1-2-27-17(15-7-8-18-19(11-15)31-10-9-30-18)12-25-23(27)33-14-22(29)26-16-5-3-4-6-20(16)32-13-21(24)28/h3-8,11-12H,2,9-10,13-14H2,1H3,(H2,24,28)(H,26,29). The zero-order valence-corrected chi connectivity index (χ0v) is 19.7. The molecule has 1 aliphatic heterocycles. The van der Waals surface area contributed by atoms with Gasteiger partial charge in [0.25, 0.3) is 0 Å². The van der Waals surface area contributed by atoms with Gasteiger partial charge in [0, 0.05) is 17.0 Å². The van der Waals surface area contributed by atoms with E-state index in [0.717, 1.165) is 32.8 Å². The number of ether oxygens (including phenoxy) is 2. The molecule has 1 aliphatic rings. The third kappa shape index (κ3) is 5.63. The first kappa shape index (κ1) is 23.1. The summed E-state index contributed by atoms with van der Waals surface area (Å²) < 4.78 is 13.4. The van der Waals surface area contributed by atoms with E-state index in [1.165, 1.54) is 23.5 Å². The van der Waals surface area contributed by atoms with E-state index in [9.17, 15) is 9.59 Å². The smallest absolute Gasteiger partial charge is 0.234 e. The van der Waals surface area contributed by atoms with Gasteiger partial charge in [0.15, 0.2) is 16.7 Å². The van der Waals surface area contributed by atoms with E-state index in [0.29, 0.717) is 25.4 Å². The highest BCUT2D eigenvalue weighted by molar-refractivity contribution is 8.00. The molecule has 2 aromatic carbocycles. The Labute approximate surface area is 200 Å². The van der Waals surface area contributed by atoms with Crippen molar-refractivity contribution >= 4 is 41.0 Å². The number of carbonyl (C=O) groups is 2. The quantitative estimate of drug-likeness (QED) is 0.446. The number of hydrogen-bond acceptors (Lipinski definition) is 7. The van der Waals surface area contributed by atoms with Gasteiger partial charge < -0.3 is 25.1 Å². The number of hydrogen-bond donors (Lipinski definition) is 2. The van der Waals surface area contributed by atoms with Gasteiger partial charge in [-0.1, -0.05) is 23.9 Å². The number of para-hydroxylation sites is 1. The number of aromatic nitrogens is 2. The molecule has 10 heteroatoms. The molecule has 0 spiro atoms. The van der Waals surface area contributed by atoms with Crippen LogP contribution in [0.5, 0.6) is 11.5 Å². The van der Waals surface area contributed by atoms with E-state index >= 15 is 0 Å². The van der Waals surface area contributed by atoms with E-state index in [2.05, 4.69) is 14.9 Å². The lowest BCUT2D eigenvalue weighted by atomic mass is 10.1. The molecule has 2 heterocycles. The molecule has 0 saturated heterocycles. The van der Waals surface area contributed by atoms with Crippen molar-refractivity contribution in [2.24, 2.45) is 5.73 Å². The van der Waals surface area contributed by atoms with Gasteiger partial charge in [-0.2, -0.15) is 0 Å². The second-order valence-electron chi connectivity index (χ2n) is 7.12. The number of carbonyl (C=O) groups excluding carboxylic acids is 2. The van der Waals surface area contributed by atoms with Crippen molar-refractivity contribution < 1.29 is 19.1 Å². The maximum absolute atomic E-state index is 12.6. The molecule has 0 saturated carbocycles. The number of imidazole rings is 1. The normalized spacial score (nSPS) is 12.4. The van der Waals surface area contributed by atoms with Crippen molar-refractivity contribution in [2.75, 3.05) is 30.0 Å². The van der Waals surface area contributed by atoms with Gasteiger partial charge in [0.2, 0.25) is 11.8 Å². The fraction of sp³-hybridized carbons (Fsp3) is 0.261. The van der Waals surface area contributed by atoms with Gasteiger partial charge in [-0.25, -0.2) is 4.98 Å². The number of amides is 2. The van der Waals surface area contributed by atoms with E-state index in [1.807, 2.05) is 49.5 Å². The van der Waals surface area contributed by atoms with Crippen LogP contribution in [0.3, 0.4) is 0 Å². The van der Waals surface area contributed by atoms with Crippen LogP contribution >= 0.6 is 23.5 Å². The number of nitrogens with two attached hydrogens (primary N) is 1.